The van der Waals surface area contributed by atoms with Gasteiger partial charge < -0.3 is 9.73 Å². The maximum atomic E-state index is 5.55. The molecule has 1 rings (SSSR count). The molecule has 0 radical (unpaired) electrons. The van der Waals surface area contributed by atoms with Crippen LogP contribution in [0.1, 0.15) is 76.7 Å². The van der Waals surface area contributed by atoms with Crippen molar-refractivity contribution in [2.75, 3.05) is 6.54 Å². The maximum absolute atomic E-state index is 5.55. The lowest BCUT2D eigenvalue weighted by molar-refractivity contribution is 0.456. The van der Waals surface area contributed by atoms with Crippen molar-refractivity contribution in [2.45, 2.75) is 71.8 Å². The average molecular weight is 251 g/mol. The summed E-state index contributed by atoms with van der Waals surface area (Å²) in [4.78, 5) is 0. The number of furan rings is 1. The zero-order valence-corrected chi connectivity index (χ0v) is 12.3. The number of rotatable bonds is 10. The second-order valence-electron chi connectivity index (χ2n) is 4.97. The fourth-order valence-electron chi connectivity index (χ4n) is 2.51. The molecule has 0 aliphatic carbocycles. The maximum Gasteiger partial charge on any atom is 0.108 e. The van der Waals surface area contributed by atoms with Crippen LogP contribution in [0.25, 0.3) is 0 Å². The van der Waals surface area contributed by atoms with Crippen molar-refractivity contribution in [3.8, 4) is 0 Å². The van der Waals surface area contributed by atoms with Gasteiger partial charge in [0.05, 0.1) is 6.26 Å². The quantitative estimate of drug-likeness (QED) is 0.601. The molecule has 2 nitrogen and oxygen atoms in total. The van der Waals surface area contributed by atoms with Crippen molar-refractivity contribution >= 4 is 0 Å². The number of aryl methyl sites for hydroxylation is 1. The largest absolute Gasteiger partial charge is 0.469 e. The highest BCUT2D eigenvalue weighted by molar-refractivity contribution is 5.21. The van der Waals surface area contributed by atoms with Gasteiger partial charge in [-0.25, -0.2) is 0 Å². The fraction of sp³-hybridized carbons (Fsp3) is 0.750. The van der Waals surface area contributed by atoms with E-state index in [0.29, 0.717) is 6.04 Å². The molecule has 0 aliphatic heterocycles. The third kappa shape index (κ3) is 4.85. The van der Waals surface area contributed by atoms with E-state index in [2.05, 4.69) is 32.2 Å². The highest BCUT2D eigenvalue weighted by Crippen LogP contribution is 2.25. The molecule has 0 spiro atoms. The molecule has 0 saturated heterocycles. The summed E-state index contributed by atoms with van der Waals surface area (Å²) in [5, 5.41) is 3.59. The standard InChI is InChI=1S/C16H29NO/c1-4-7-8-9-10-11-15(17-6-3)14-12-13-18-16(14)5-2/h12-13,15,17H,4-11H2,1-3H3. The van der Waals surface area contributed by atoms with Gasteiger partial charge in [0.1, 0.15) is 5.76 Å². The van der Waals surface area contributed by atoms with Crippen molar-refractivity contribution in [3.63, 3.8) is 0 Å². The summed E-state index contributed by atoms with van der Waals surface area (Å²) >= 11 is 0. The first-order valence-corrected chi connectivity index (χ1v) is 7.63. The third-order valence-electron chi connectivity index (χ3n) is 3.52. The van der Waals surface area contributed by atoms with Crippen molar-refractivity contribution in [1.82, 2.24) is 5.32 Å². The first-order chi connectivity index (χ1) is 8.83. The number of hydrogen-bond acceptors (Lipinski definition) is 2. The lowest BCUT2D eigenvalue weighted by atomic mass is 9.99. The second-order valence-corrected chi connectivity index (χ2v) is 4.97. The van der Waals surface area contributed by atoms with Crippen molar-refractivity contribution in [2.24, 2.45) is 0 Å². The van der Waals surface area contributed by atoms with E-state index in [1.54, 1.807) is 0 Å². The van der Waals surface area contributed by atoms with E-state index in [4.69, 9.17) is 4.42 Å². The minimum Gasteiger partial charge on any atom is -0.469 e. The summed E-state index contributed by atoms with van der Waals surface area (Å²) in [5.74, 6) is 1.15. The molecule has 0 saturated carbocycles. The SMILES string of the molecule is CCCCCCCC(NCC)c1ccoc1CC. The van der Waals surface area contributed by atoms with E-state index in [0.717, 1.165) is 18.7 Å². The summed E-state index contributed by atoms with van der Waals surface area (Å²) in [6.07, 6.45) is 10.8. The van der Waals surface area contributed by atoms with E-state index in [-0.39, 0.29) is 0 Å². The molecular weight excluding hydrogens is 222 g/mol. The van der Waals surface area contributed by atoms with E-state index in [9.17, 15) is 0 Å². The summed E-state index contributed by atoms with van der Waals surface area (Å²) < 4.78 is 5.55. The number of nitrogens with one attached hydrogen (secondary N) is 1. The zero-order valence-electron chi connectivity index (χ0n) is 12.3. The first-order valence-electron chi connectivity index (χ1n) is 7.63. The highest BCUT2D eigenvalue weighted by atomic mass is 16.3. The Balaban J connectivity index is 2.44. The van der Waals surface area contributed by atoms with Crippen LogP contribution < -0.4 is 5.32 Å². The van der Waals surface area contributed by atoms with Crippen LogP contribution in [0, 0.1) is 0 Å². The smallest absolute Gasteiger partial charge is 0.108 e. The Labute approximate surface area is 112 Å². The lowest BCUT2D eigenvalue weighted by Gasteiger charge is -2.17. The molecule has 1 aromatic heterocycles. The van der Waals surface area contributed by atoms with Crippen LogP contribution in [-0.2, 0) is 6.42 Å². The Kier molecular flexibility index (Phi) is 7.83. The summed E-state index contributed by atoms with van der Waals surface area (Å²) in [5.41, 5.74) is 1.37. The summed E-state index contributed by atoms with van der Waals surface area (Å²) in [6, 6.07) is 2.61. The summed E-state index contributed by atoms with van der Waals surface area (Å²) in [6.45, 7) is 7.62. The predicted molar refractivity (Wildman–Crippen MR) is 77.9 cm³/mol. The molecule has 1 heterocycles. The number of hydrogen-bond donors (Lipinski definition) is 1. The van der Waals surface area contributed by atoms with Crippen LogP contribution >= 0.6 is 0 Å². The van der Waals surface area contributed by atoms with Gasteiger partial charge in [-0.1, -0.05) is 52.9 Å². The Morgan fingerprint density at radius 3 is 2.56 bits per heavy atom. The molecule has 0 aromatic carbocycles. The van der Waals surface area contributed by atoms with E-state index in [1.165, 1.54) is 44.1 Å². The van der Waals surface area contributed by atoms with E-state index < -0.39 is 0 Å². The molecule has 1 aromatic rings. The molecule has 0 amide bonds. The minimum absolute atomic E-state index is 0.477. The van der Waals surface area contributed by atoms with Crippen LogP contribution in [0.4, 0.5) is 0 Å². The molecule has 0 fully saturated rings. The van der Waals surface area contributed by atoms with Gasteiger partial charge in [-0.15, -0.1) is 0 Å². The van der Waals surface area contributed by atoms with E-state index >= 15 is 0 Å². The van der Waals surface area contributed by atoms with Gasteiger partial charge in [0.15, 0.2) is 0 Å². The van der Waals surface area contributed by atoms with Crippen LogP contribution in [0.5, 0.6) is 0 Å². The third-order valence-corrected chi connectivity index (χ3v) is 3.52. The van der Waals surface area contributed by atoms with E-state index in [1.807, 2.05) is 6.26 Å². The van der Waals surface area contributed by atoms with Crippen molar-refractivity contribution < 1.29 is 4.42 Å². The van der Waals surface area contributed by atoms with Crippen molar-refractivity contribution in [1.29, 1.82) is 0 Å². The van der Waals surface area contributed by atoms with Gasteiger partial charge in [0, 0.05) is 18.0 Å². The Hall–Kier alpha value is -0.760. The normalized spacial score (nSPS) is 12.8. The highest BCUT2D eigenvalue weighted by Gasteiger charge is 2.15. The Bertz CT molecular complexity index is 306. The van der Waals surface area contributed by atoms with Crippen LogP contribution in [0.15, 0.2) is 16.7 Å². The number of unbranched alkanes of at least 4 members (excludes halogenated alkanes) is 4. The average Bonchev–Trinajstić information content (AvgIpc) is 2.85. The van der Waals surface area contributed by atoms with Crippen LogP contribution in [0.2, 0.25) is 0 Å². The monoisotopic (exact) mass is 251 g/mol. The molecular formula is C16H29NO. The van der Waals surface area contributed by atoms with Crippen LogP contribution in [0.3, 0.4) is 0 Å². The molecule has 1 unspecified atom stereocenters. The summed E-state index contributed by atoms with van der Waals surface area (Å²) in [7, 11) is 0. The topological polar surface area (TPSA) is 25.2 Å². The molecule has 18 heavy (non-hydrogen) atoms. The minimum atomic E-state index is 0.477. The molecule has 104 valence electrons. The molecule has 1 N–H and O–H groups in total. The predicted octanol–water partition coefficient (Wildman–Crippen LogP) is 4.85. The van der Waals surface area contributed by atoms with Gasteiger partial charge >= 0.3 is 0 Å². The first kappa shape index (κ1) is 15.3. The Morgan fingerprint density at radius 1 is 1.11 bits per heavy atom. The van der Waals surface area contributed by atoms with Crippen molar-refractivity contribution in [3.05, 3.63) is 23.7 Å². The van der Waals surface area contributed by atoms with Gasteiger partial charge in [-0.3, -0.25) is 0 Å². The molecule has 2 heteroatoms. The lowest BCUT2D eigenvalue weighted by Crippen LogP contribution is -2.21. The molecule has 0 bridgehead atoms. The molecule has 1 atom stereocenters. The Morgan fingerprint density at radius 2 is 1.89 bits per heavy atom. The fourth-order valence-corrected chi connectivity index (χ4v) is 2.51. The second kappa shape index (κ2) is 9.21. The molecule has 0 aliphatic rings. The van der Waals surface area contributed by atoms with Gasteiger partial charge in [0.2, 0.25) is 0 Å². The zero-order chi connectivity index (χ0) is 13.2. The van der Waals surface area contributed by atoms with Crippen LogP contribution in [-0.4, -0.2) is 6.54 Å². The van der Waals surface area contributed by atoms with Gasteiger partial charge in [-0.2, -0.15) is 0 Å². The van der Waals surface area contributed by atoms with Gasteiger partial charge in [0.25, 0.3) is 0 Å². The van der Waals surface area contributed by atoms with Gasteiger partial charge in [-0.05, 0) is 19.0 Å².